The zero-order valence-electron chi connectivity index (χ0n) is 9.45. The van der Waals surface area contributed by atoms with Gasteiger partial charge in [0.15, 0.2) is 0 Å². The van der Waals surface area contributed by atoms with Gasteiger partial charge in [-0.15, -0.1) is 0 Å². The number of hydrogen-bond donors (Lipinski definition) is 1. The van der Waals surface area contributed by atoms with E-state index in [0.717, 1.165) is 25.8 Å². The van der Waals surface area contributed by atoms with Crippen LogP contribution in [0.5, 0.6) is 0 Å². The van der Waals surface area contributed by atoms with Crippen LogP contribution in [-0.4, -0.2) is 16.3 Å². The van der Waals surface area contributed by atoms with Crippen molar-refractivity contribution in [2.45, 2.75) is 33.1 Å². The highest BCUT2D eigenvalue weighted by Crippen LogP contribution is 2.14. The maximum atomic E-state index is 5.51. The van der Waals surface area contributed by atoms with Gasteiger partial charge in [0.2, 0.25) is 0 Å². The maximum absolute atomic E-state index is 5.51. The monoisotopic (exact) mass is 195 g/mol. The molecule has 0 atom stereocenters. The smallest absolute Gasteiger partial charge is 0.0524 e. The predicted molar refractivity (Wildman–Crippen MR) is 59.1 cm³/mol. The van der Waals surface area contributed by atoms with E-state index in [9.17, 15) is 0 Å². The van der Waals surface area contributed by atoms with E-state index in [-0.39, 0.29) is 0 Å². The lowest BCUT2D eigenvalue weighted by Crippen LogP contribution is -2.06. The predicted octanol–water partition coefficient (Wildman–Crippen LogP) is 1.51. The summed E-state index contributed by atoms with van der Waals surface area (Å²) >= 11 is 0. The van der Waals surface area contributed by atoms with Gasteiger partial charge in [-0.2, -0.15) is 5.10 Å². The Morgan fingerprint density at radius 3 is 2.79 bits per heavy atom. The molecule has 0 bridgehead atoms. The Morgan fingerprint density at radius 1 is 1.50 bits per heavy atom. The molecule has 14 heavy (non-hydrogen) atoms. The minimum absolute atomic E-state index is 0.682. The van der Waals surface area contributed by atoms with Crippen LogP contribution in [0.3, 0.4) is 0 Å². The lowest BCUT2D eigenvalue weighted by atomic mass is 10.0. The van der Waals surface area contributed by atoms with E-state index in [1.54, 1.807) is 0 Å². The second-order valence-electron chi connectivity index (χ2n) is 4.23. The molecule has 0 aliphatic rings. The van der Waals surface area contributed by atoms with Crippen LogP contribution in [0, 0.1) is 5.92 Å². The summed E-state index contributed by atoms with van der Waals surface area (Å²) in [5.74, 6) is 0.682. The van der Waals surface area contributed by atoms with Crippen molar-refractivity contribution in [3.05, 3.63) is 17.5 Å². The average molecular weight is 195 g/mol. The van der Waals surface area contributed by atoms with Crippen molar-refractivity contribution in [2.24, 2.45) is 18.7 Å². The second-order valence-corrected chi connectivity index (χ2v) is 4.23. The minimum Gasteiger partial charge on any atom is -0.330 e. The van der Waals surface area contributed by atoms with Gasteiger partial charge in [-0.25, -0.2) is 0 Å². The van der Waals surface area contributed by atoms with E-state index in [1.165, 1.54) is 11.3 Å². The highest BCUT2D eigenvalue weighted by molar-refractivity contribution is 5.18. The molecule has 0 amide bonds. The van der Waals surface area contributed by atoms with Gasteiger partial charge in [0.25, 0.3) is 0 Å². The zero-order chi connectivity index (χ0) is 10.6. The third kappa shape index (κ3) is 2.84. The Morgan fingerprint density at radius 2 is 2.21 bits per heavy atom. The molecule has 0 unspecified atom stereocenters. The van der Waals surface area contributed by atoms with Crippen molar-refractivity contribution in [2.75, 3.05) is 6.54 Å². The van der Waals surface area contributed by atoms with Gasteiger partial charge < -0.3 is 5.73 Å². The highest BCUT2D eigenvalue weighted by Gasteiger charge is 2.09. The summed E-state index contributed by atoms with van der Waals surface area (Å²) in [6.45, 7) is 5.23. The Balaban J connectivity index is 2.72. The first-order valence-corrected chi connectivity index (χ1v) is 5.35. The SMILES string of the molecule is CC(C)Cc1c(CCCN)cnn1C. The first-order valence-electron chi connectivity index (χ1n) is 5.35. The van der Waals surface area contributed by atoms with Crippen LogP contribution in [0.2, 0.25) is 0 Å². The molecule has 0 aliphatic heterocycles. The molecule has 0 spiro atoms. The number of nitrogens with two attached hydrogens (primary N) is 1. The van der Waals surface area contributed by atoms with Crippen molar-refractivity contribution in [1.29, 1.82) is 0 Å². The molecule has 3 nitrogen and oxygen atoms in total. The van der Waals surface area contributed by atoms with Crippen LogP contribution in [0.15, 0.2) is 6.20 Å². The van der Waals surface area contributed by atoms with E-state index in [0.29, 0.717) is 5.92 Å². The minimum atomic E-state index is 0.682. The molecule has 2 N–H and O–H groups in total. The standard InChI is InChI=1S/C11H21N3/c1-9(2)7-11-10(5-4-6-12)8-13-14(11)3/h8-9H,4-7,12H2,1-3H3. The molecule has 3 heteroatoms. The molecule has 0 fully saturated rings. The van der Waals surface area contributed by atoms with Crippen molar-refractivity contribution in [1.82, 2.24) is 9.78 Å². The van der Waals surface area contributed by atoms with Gasteiger partial charge in [0.1, 0.15) is 0 Å². The fraction of sp³-hybridized carbons (Fsp3) is 0.727. The fourth-order valence-corrected chi connectivity index (χ4v) is 1.66. The van der Waals surface area contributed by atoms with Gasteiger partial charge in [-0.1, -0.05) is 13.8 Å². The summed E-state index contributed by atoms with van der Waals surface area (Å²) in [6, 6.07) is 0. The summed E-state index contributed by atoms with van der Waals surface area (Å²) in [7, 11) is 2.02. The van der Waals surface area contributed by atoms with Crippen LogP contribution < -0.4 is 5.73 Å². The molecule has 1 aromatic heterocycles. The molecule has 1 heterocycles. The molecular weight excluding hydrogens is 174 g/mol. The van der Waals surface area contributed by atoms with Crippen LogP contribution in [0.1, 0.15) is 31.5 Å². The molecule has 0 radical (unpaired) electrons. The van der Waals surface area contributed by atoms with Crippen molar-refractivity contribution >= 4 is 0 Å². The number of rotatable bonds is 5. The van der Waals surface area contributed by atoms with Crippen LogP contribution in [0.4, 0.5) is 0 Å². The molecular formula is C11H21N3. The van der Waals surface area contributed by atoms with Gasteiger partial charge >= 0.3 is 0 Å². The van der Waals surface area contributed by atoms with Crippen LogP contribution in [0.25, 0.3) is 0 Å². The first-order chi connectivity index (χ1) is 6.65. The van der Waals surface area contributed by atoms with E-state index in [4.69, 9.17) is 5.73 Å². The van der Waals surface area contributed by atoms with Crippen molar-refractivity contribution in [3.8, 4) is 0 Å². The van der Waals surface area contributed by atoms with Crippen LogP contribution >= 0.6 is 0 Å². The second kappa shape index (κ2) is 5.15. The number of aryl methyl sites for hydroxylation is 2. The van der Waals surface area contributed by atoms with Crippen molar-refractivity contribution in [3.63, 3.8) is 0 Å². The fourth-order valence-electron chi connectivity index (χ4n) is 1.66. The third-order valence-electron chi connectivity index (χ3n) is 2.40. The average Bonchev–Trinajstić information content (AvgIpc) is 2.45. The van der Waals surface area contributed by atoms with Crippen LogP contribution in [-0.2, 0) is 19.9 Å². The summed E-state index contributed by atoms with van der Waals surface area (Å²) in [5.41, 5.74) is 8.24. The topological polar surface area (TPSA) is 43.8 Å². The molecule has 0 saturated heterocycles. The summed E-state index contributed by atoms with van der Waals surface area (Å²) < 4.78 is 1.99. The largest absolute Gasteiger partial charge is 0.330 e. The van der Waals surface area contributed by atoms with Crippen molar-refractivity contribution < 1.29 is 0 Å². The number of nitrogens with zero attached hydrogens (tertiary/aromatic N) is 2. The summed E-state index contributed by atoms with van der Waals surface area (Å²) in [5, 5.41) is 4.30. The van der Waals surface area contributed by atoms with E-state index in [2.05, 4.69) is 18.9 Å². The molecule has 80 valence electrons. The normalized spacial score (nSPS) is 11.2. The van der Waals surface area contributed by atoms with E-state index >= 15 is 0 Å². The highest BCUT2D eigenvalue weighted by atomic mass is 15.3. The molecule has 1 rings (SSSR count). The first kappa shape index (κ1) is 11.2. The van der Waals surface area contributed by atoms with Gasteiger partial charge in [0.05, 0.1) is 6.20 Å². The van der Waals surface area contributed by atoms with E-state index < -0.39 is 0 Å². The molecule has 0 aliphatic carbocycles. The maximum Gasteiger partial charge on any atom is 0.0524 e. The number of hydrogen-bond acceptors (Lipinski definition) is 2. The molecule has 1 aromatic rings. The molecule has 0 saturated carbocycles. The quantitative estimate of drug-likeness (QED) is 0.774. The van der Waals surface area contributed by atoms with Gasteiger partial charge in [-0.05, 0) is 37.3 Å². The molecule has 0 aromatic carbocycles. The van der Waals surface area contributed by atoms with E-state index in [1.807, 2.05) is 17.9 Å². The third-order valence-corrected chi connectivity index (χ3v) is 2.40. The lowest BCUT2D eigenvalue weighted by molar-refractivity contribution is 0.590. The van der Waals surface area contributed by atoms with Gasteiger partial charge in [-0.3, -0.25) is 4.68 Å². The Kier molecular flexibility index (Phi) is 4.14. The van der Waals surface area contributed by atoms with Gasteiger partial charge in [0, 0.05) is 12.7 Å². The summed E-state index contributed by atoms with van der Waals surface area (Å²) in [4.78, 5) is 0. The Hall–Kier alpha value is -0.830. The lowest BCUT2D eigenvalue weighted by Gasteiger charge is -2.08. The zero-order valence-corrected chi connectivity index (χ0v) is 9.45. The Labute approximate surface area is 86.3 Å². The Bertz CT molecular complexity index is 276. The number of aromatic nitrogens is 2. The summed E-state index contributed by atoms with van der Waals surface area (Å²) in [6.07, 6.45) is 5.20.